The van der Waals surface area contributed by atoms with E-state index in [0.29, 0.717) is 6.61 Å². The molecule has 0 saturated heterocycles. The van der Waals surface area contributed by atoms with Gasteiger partial charge in [-0.15, -0.1) is 5.10 Å². The van der Waals surface area contributed by atoms with Crippen LogP contribution in [0.3, 0.4) is 0 Å². The molecule has 1 heterocycles. The van der Waals surface area contributed by atoms with E-state index in [1.54, 1.807) is 7.11 Å². The Morgan fingerprint density at radius 3 is 2.78 bits per heavy atom. The van der Waals surface area contributed by atoms with Crippen molar-refractivity contribution in [3.8, 4) is 5.69 Å². The molecule has 6 heteroatoms. The van der Waals surface area contributed by atoms with Crippen LogP contribution in [0.4, 0.5) is 0 Å². The van der Waals surface area contributed by atoms with Crippen molar-refractivity contribution in [3.63, 3.8) is 0 Å². The molecule has 18 heavy (non-hydrogen) atoms. The van der Waals surface area contributed by atoms with Gasteiger partial charge in [0.2, 0.25) is 0 Å². The monoisotopic (exact) mass is 247 g/mol. The Morgan fingerprint density at radius 2 is 2.06 bits per heavy atom. The minimum atomic E-state index is -0.505. The zero-order valence-electron chi connectivity index (χ0n) is 9.94. The highest BCUT2D eigenvalue weighted by molar-refractivity contribution is 5.86. The fraction of sp³-hybridized carbons (Fsp3) is 0.250. The standard InChI is InChI=1S/C12H13N3O3/c1-17-7-8-18-12(16)11-9-13-15(14-11)10-5-3-2-4-6-10/h2-6,9H,7-8H2,1H3. The van der Waals surface area contributed by atoms with E-state index in [2.05, 4.69) is 10.2 Å². The molecule has 0 unspecified atom stereocenters. The van der Waals surface area contributed by atoms with Crippen molar-refractivity contribution >= 4 is 5.97 Å². The van der Waals surface area contributed by atoms with Crippen LogP contribution in [-0.2, 0) is 9.47 Å². The molecular formula is C12H13N3O3. The van der Waals surface area contributed by atoms with E-state index in [9.17, 15) is 4.79 Å². The van der Waals surface area contributed by atoms with Gasteiger partial charge in [0.15, 0.2) is 5.69 Å². The lowest BCUT2D eigenvalue weighted by atomic mass is 10.3. The average molecular weight is 247 g/mol. The first-order valence-corrected chi connectivity index (χ1v) is 5.45. The maximum atomic E-state index is 11.6. The maximum absolute atomic E-state index is 11.6. The van der Waals surface area contributed by atoms with Gasteiger partial charge in [-0.25, -0.2) is 4.79 Å². The van der Waals surface area contributed by atoms with E-state index in [1.807, 2.05) is 30.3 Å². The van der Waals surface area contributed by atoms with Gasteiger partial charge in [-0.2, -0.15) is 9.90 Å². The molecule has 6 nitrogen and oxygen atoms in total. The molecule has 0 radical (unpaired) electrons. The molecule has 0 N–H and O–H groups in total. The Labute approximate surface area is 104 Å². The summed E-state index contributed by atoms with van der Waals surface area (Å²) in [6.45, 7) is 0.562. The normalized spacial score (nSPS) is 10.3. The molecule has 2 rings (SSSR count). The van der Waals surface area contributed by atoms with Crippen molar-refractivity contribution in [1.82, 2.24) is 15.0 Å². The summed E-state index contributed by atoms with van der Waals surface area (Å²) >= 11 is 0. The summed E-state index contributed by atoms with van der Waals surface area (Å²) in [6.07, 6.45) is 1.38. The van der Waals surface area contributed by atoms with Gasteiger partial charge >= 0.3 is 5.97 Å². The van der Waals surface area contributed by atoms with Crippen molar-refractivity contribution in [2.24, 2.45) is 0 Å². The van der Waals surface area contributed by atoms with Crippen LogP contribution in [0.15, 0.2) is 36.5 Å². The predicted octanol–water partition coefficient (Wildman–Crippen LogP) is 1.07. The van der Waals surface area contributed by atoms with E-state index in [-0.39, 0.29) is 12.3 Å². The molecule has 0 atom stereocenters. The Morgan fingerprint density at radius 1 is 1.28 bits per heavy atom. The summed E-state index contributed by atoms with van der Waals surface area (Å²) < 4.78 is 9.72. The van der Waals surface area contributed by atoms with E-state index >= 15 is 0 Å². The second-order valence-electron chi connectivity index (χ2n) is 3.48. The summed E-state index contributed by atoms with van der Waals surface area (Å²) in [5, 5.41) is 8.06. The predicted molar refractivity (Wildman–Crippen MR) is 63.5 cm³/mol. The fourth-order valence-corrected chi connectivity index (χ4v) is 1.33. The van der Waals surface area contributed by atoms with E-state index < -0.39 is 5.97 Å². The smallest absolute Gasteiger partial charge is 0.360 e. The number of hydrogen-bond acceptors (Lipinski definition) is 5. The third kappa shape index (κ3) is 2.92. The molecule has 2 aromatic rings. The van der Waals surface area contributed by atoms with E-state index in [4.69, 9.17) is 9.47 Å². The average Bonchev–Trinajstić information content (AvgIpc) is 2.89. The SMILES string of the molecule is COCCOC(=O)c1cnn(-c2ccccc2)n1. The van der Waals surface area contributed by atoms with Gasteiger partial charge in [0, 0.05) is 7.11 Å². The third-order valence-electron chi connectivity index (χ3n) is 2.21. The van der Waals surface area contributed by atoms with Crippen LogP contribution in [0, 0.1) is 0 Å². The van der Waals surface area contributed by atoms with Gasteiger partial charge < -0.3 is 9.47 Å². The number of para-hydroxylation sites is 1. The van der Waals surface area contributed by atoms with Crippen molar-refractivity contribution in [3.05, 3.63) is 42.2 Å². The fourth-order valence-electron chi connectivity index (χ4n) is 1.33. The molecule has 0 aliphatic rings. The van der Waals surface area contributed by atoms with Gasteiger partial charge in [-0.3, -0.25) is 0 Å². The lowest BCUT2D eigenvalue weighted by Crippen LogP contribution is -2.11. The number of benzene rings is 1. The van der Waals surface area contributed by atoms with Crippen LogP contribution in [0.2, 0.25) is 0 Å². The van der Waals surface area contributed by atoms with Crippen LogP contribution < -0.4 is 0 Å². The summed E-state index contributed by atoms with van der Waals surface area (Å²) in [5.74, 6) is -0.505. The van der Waals surface area contributed by atoms with Crippen LogP contribution in [0.1, 0.15) is 10.5 Å². The van der Waals surface area contributed by atoms with Gasteiger partial charge in [0.1, 0.15) is 6.61 Å². The van der Waals surface area contributed by atoms with Crippen LogP contribution in [0.5, 0.6) is 0 Å². The zero-order valence-corrected chi connectivity index (χ0v) is 9.94. The molecule has 1 aromatic heterocycles. The van der Waals surface area contributed by atoms with Crippen molar-refractivity contribution in [2.45, 2.75) is 0 Å². The number of carbonyl (C=O) groups is 1. The molecule has 0 amide bonds. The number of hydrogen-bond donors (Lipinski definition) is 0. The Balaban J connectivity index is 2.04. The number of esters is 1. The number of ether oxygens (including phenoxy) is 2. The summed E-state index contributed by atoms with van der Waals surface area (Å²) in [5.41, 5.74) is 0.961. The molecule has 0 saturated carbocycles. The minimum Gasteiger partial charge on any atom is -0.458 e. The molecule has 0 spiro atoms. The first-order chi connectivity index (χ1) is 8.81. The summed E-state index contributed by atoms with van der Waals surface area (Å²) in [6, 6.07) is 9.33. The number of rotatable bonds is 5. The highest BCUT2D eigenvalue weighted by atomic mass is 16.6. The first-order valence-electron chi connectivity index (χ1n) is 5.45. The highest BCUT2D eigenvalue weighted by Crippen LogP contribution is 2.04. The Hall–Kier alpha value is -2.21. The Kier molecular flexibility index (Phi) is 4.03. The van der Waals surface area contributed by atoms with Gasteiger partial charge in [0.25, 0.3) is 0 Å². The van der Waals surface area contributed by atoms with Crippen molar-refractivity contribution in [2.75, 3.05) is 20.3 Å². The molecule has 0 aliphatic carbocycles. The molecular weight excluding hydrogens is 234 g/mol. The van der Waals surface area contributed by atoms with Gasteiger partial charge in [-0.1, -0.05) is 18.2 Å². The lowest BCUT2D eigenvalue weighted by Gasteiger charge is -2.00. The topological polar surface area (TPSA) is 66.2 Å². The first kappa shape index (κ1) is 12.3. The molecule has 0 bridgehead atoms. The van der Waals surface area contributed by atoms with E-state index in [1.165, 1.54) is 11.0 Å². The molecule has 1 aromatic carbocycles. The zero-order chi connectivity index (χ0) is 12.8. The number of carbonyl (C=O) groups excluding carboxylic acids is 1. The summed E-state index contributed by atoms with van der Waals surface area (Å²) in [4.78, 5) is 13.0. The van der Waals surface area contributed by atoms with Crippen LogP contribution in [-0.4, -0.2) is 41.3 Å². The lowest BCUT2D eigenvalue weighted by molar-refractivity contribution is 0.0381. The van der Waals surface area contributed by atoms with Gasteiger partial charge in [0.05, 0.1) is 18.5 Å². The van der Waals surface area contributed by atoms with Gasteiger partial charge in [-0.05, 0) is 12.1 Å². The second kappa shape index (κ2) is 5.92. The molecule has 94 valence electrons. The Bertz CT molecular complexity index is 510. The van der Waals surface area contributed by atoms with Crippen molar-refractivity contribution in [1.29, 1.82) is 0 Å². The third-order valence-corrected chi connectivity index (χ3v) is 2.21. The minimum absolute atomic E-state index is 0.176. The molecule has 0 fully saturated rings. The number of nitrogens with zero attached hydrogens (tertiary/aromatic N) is 3. The van der Waals surface area contributed by atoms with E-state index in [0.717, 1.165) is 5.69 Å². The highest BCUT2D eigenvalue weighted by Gasteiger charge is 2.12. The number of methoxy groups -OCH3 is 1. The maximum Gasteiger partial charge on any atom is 0.360 e. The quantitative estimate of drug-likeness (QED) is 0.584. The van der Waals surface area contributed by atoms with Crippen LogP contribution >= 0.6 is 0 Å². The molecule has 0 aliphatic heterocycles. The largest absolute Gasteiger partial charge is 0.458 e. The number of aromatic nitrogens is 3. The van der Waals surface area contributed by atoms with Crippen LogP contribution in [0.25, 0.3) is 5.69 Å². The summed E-state index contributed by atoms with van der Waals surface area (Å²) in [7, 11) is 1.54. The second-order valence-corrected chi connectivity index (χ2v) is 3.48. The van der Waals surface area contributed by atoms with Crippen molar-refractivity contribution < 1.29 is 14.3 Å².